The van der Waals surface area contributed by atoms with Gasteiger partial charge in [0, 0.05) is 28.2 Å². The summed E-state index contributed by atoms with van der Waals surface area (Å²) in [4.78, 5) is 13.2. The normalized spacial score (nSPS) is 14.9. The van der Waals surface area contributed by atoms with Gasteiger partial charge in [0.1, 0.15) is 17.3 Å². The maximum atomic E-state index is 13.2. The lowest BCUT2D eigenvalue weighted by atomic mass is 9.79. The Balaban J connectivity index is 1.63. The molecular formula is C33H28O3. The molecule has 1 aliphatic rings. The molecule has 0 bridgehead atoms. The van der Waals surface area contributed by atoms with Crippen LogP contribution in [0.15, 0.2) is 121 Å². The number of aryl methyl sites for hydroxylation is 1. The van der Waals surface area contributed by atoms with Gasteiger partial charge in [0.05, 0.1) is 6.61 Å². The lowest BCUT2D eigenvalue weighted by Gasteiger charge is -2.31. The first-order valence-electron chi connectivity index (χ1n) is 12.2. The Morgan fingerprint density at radius 1 is 0.833 bits per heavy atom. The molecule has 3 heteroatoms. The molecule has 1 aliphatic heterocycles. The molecule has 1 unspecified atom stereocenters. The number of carbonyl (C=O) groups excluding carboxylic acids is 1. The van der Waals surface area contributed by atoms with Crippen LogP contribution in [0.25, 0.3) is 5.76 Å². The van der Waals surface area contributed by atoms with Gasteiger partial charge in [-0.1, -0.05) is 78.9 Å². The van der Waals surface area contributed by atoms with Gasteiger partial charge in [-0.3, -0.25) is 4.79 Å². The highest BCUT2D eigenvalue weighted by molar-refractivity contribution is 6.05. The molecule has 0 amide bonds. The average Bonchev–Trinajstić information content (AvgIpc) is 2.92. The van der Waals surface area contributed by atoms with E-state index < -0.39 is 0 Å². The van der Waals surface area contributed by atoms with E-state index in [1.165, 1.54) is 11.1 Å². The van der Waals surface area contributed by atoms with Gasteiger partial charge >= 0.3 is 0 Å². The smallest absolute Gasteiger partial charge is 0.185 e. The summed E-state index contributed by atoms with van der Waals surface area (Å²) in [6.07, 6.45) is 3.57. The molecule has 0 spiro atoms. The lowest BCUT2D eigenvalue weighted by molar-refractivity contribution is 0.104. The number of fused-ring (bicyclic) bond motifs is 1. The highest BCUT2D eigenvalue weighted by atomic mass is 16.5. The number of hydrogen-bond acceptors (Lipinski definition) is 3. The fraction of sp³-hybridized carbons (Fsp3) is 0.121. The molecule has 0 aromatic heterocycles. The number of carbonyl (C=O) groups is 1. The van der Waals surface area contributed by atoms with Crippen LogP contribution in [0.3, 0.4) is 0 Å². The second-order valence-electron chi connectivity index (χ2n) is 8.73. The summed E-state index contributed by atoms with van der Waals surface area (Å²) in [5.74, 6) is 2.21. The topological polar surface area (TPSA) is 35.5 Å². The van der Waals surface area contributed by atoms with Crippen LogP contribution in [0.1, 0.15) is 45.5 Å². The quantitative estimate of drug-likeness (QED) is 0.204. The van der Waals surface area contributed by atoms with E-state index >= 15 is 0 Å². The van der Waals surface area contributed by atoms with E-state index in [0.717, 1.165) is 34.0 Å². The summed E-state index contributed by atoms with van der Waals surface area (Å²) in [5, 5.41) is 0. The molecule has 1 heterocycles. The molecule has 0 fully saturated rings. The Hall–Kier alpha value is -4.37. The van der Waals surface area contributed by atoms with Gasteiger partial charge < -0.3 is 9.47 Å². The van der Waals surface area contributed by atoms with E-state index in [1.54, 1.807) is 18.2 Å². The first-order valence-corrected chi connectivity index (χ1v) is 12.2. The van der Waals surface area contributed by atoms with Crippen molar-refractivity contribution in [1.82, 2.24) is 0 Å². The maximum absolute atomic E-state index is 13.2. The van der Waals surface area contributed by atoms with E-state index in [4.69, 9.17) is 9.47 Å². The Kier molecular flexibility index (Phi) is 6.81. The summed E-state index contributed by atoms with van der Waals surface area (Å²) in [5.41, 5.74) is 6.00. The summed E-state index contributed by atoms with van der Waals surface area (Å²) in [6.45, 7) is 4.66. The number of ketones is 1. The third-order valence-electron chi connectivity index (χ3n) is 6.41. The van der Waals surface area contributed by atoms with Gasteiger partial charge in [0.15, 0.2) is 5.78 Å². The number of para-hydroxylation sites is 1. The fourth-order valence-corrected chi connectivity index (χ4v) is 4.66. The Bertz CT molecular complexity index is 1430. The van der Waals surface area contributed by atoms with E-state index in [1.807, 2.05) is 73.7 Å². The molecular weight excluding hydrogens is 444 g/mol. The largest absolute Gasteiger partial charge is 0.494 e. The third-order valence-corrected chi connectivity index (χ3v) is 6.41. The number of benzene rings is 4. The van der Waals surface area contributed by atoms with Gasteiger partial charge in [-0.05, 0) is 61.4 Å². The molecule has 0 radical (unpaired) electrons. The molecule has 0 saturated heterocycles. The van der Waals surface area contributed by atoms with Crippen molar-refractivity contribution in [3.05, 3.63) is 149 Å². The fourth-order valence-electron chi connectivity index (χ4n) is 4.66. The van der Waals surface area contributed by atoms with Gasteiger partial charge in [-0.2, -0.15) is 0 Å². The summed E-state index contributed by atoms with van der Waals surface area (Å²) in [7, 11) is 0. The van der Waals surface area contributed by atoms with Crippen molar-refractivity contribution in [1.29, 1.82) is 0 Å². The number of hydrogen-bond donors (Lipinski definition) is 0. The van der Waals surface area contributed by atoms with Crippen LogP contribution in [-0.2, 0) is 0 Å². The summed E-state index contributed by atoms with van der Waals surface area (Å²) < 4.78 is 12.0. The number of rotatable bonds is 7. The molecule has 178 valence electrons. The monoisotopic (exact) mass is 472 g/mol. The average molecular weight is 473 g/mol. The van der Waals surface area contributed by atoms with Crippen molar-refractivity contribution in [3.63, 3.8) is 0 Å². The highest BCUT2D eigenvalue weighted by Crippen LogP contribution is 2.46. The van der Waals surface area contributed by atoms with Gasteiger partial charge in [-0.25, -0.2) is 0 Å². The van der Waals surface area contributed by atoms with Gasteiger partial charge in [0.2, 0.25) is 0 Å². The minimum Gasteiger partial charge on any atom is -0.494 e. The Labute approximate surface area is 212 Å². The molecule has 36 heavy (non-hydrogen) atoms. The zero-order valence-corrected chi connectivity index (χ0v) is 20.5. The van der Waals surface area contributed by atoms with Crippen molar-refractivity contribution in [2.24, 2.45) is 0 Å². The van der Waals surface area contributed by atoms with Crippen molar-refractivity contribution >= 4 is 11.5 Å². The van der Waals surface area contributed by atoms with Crippen molar-refractivity contribution in [2.75, 3.05) is 6.61 Å². The van der Waals surface area contributed by atoms with Crippen LogP contribution >= 0.6 is 0 Å². The zero-order valence-electron chi connectivity index (χ0n) is 20.5. The first-order chi connectivity index (χ1) is 17.7. The lowest BCUT2D eigenvalue weighted by Crippen LogP contribution is -2.16. The van der Waals surface area contributed by atoms with Crippen molar-refractivity contribution in [3.8, 4) is 11.5 Å². The zero-order chi connectivity index (χ0) is 24.9. The first kappa shape index (κ1) is 23.4. The second kappa shape index (κ2) is 10.5. The van der Waals surface area contributed by atoms with E-state index in [0.29, 0.717) is 12.2 Å². The van der Waals surface area contributed by atoms with Gasteiger partial charge in [-0.15, -0.1) is 0 Å². The maximum Gasteiger partial charge on any atom is 0.185 e. The number of ether oxygens (including phenoxy) is 2. The minimum atomic E-state index is -0.0734. The van der Waals surface area contributed by atoms with Crippen LogP contribution in [0.2, 0.25) is 0 Å². The molecule has 0 N–H and O–H groups in total. The predicted octanol–water partition coefficient (Wildman–Crippen LogP) is 7.77. The van der Waals surface area contributed by atoms with Crippen LogP contribution in [-0.4, -0.2) is 12.4 Å². The van der Waals surface area contributed by atoms with E-state index in [9.17, 15) is 4.79 Å². The van der Waals surface area contributed by atoms with Gasteiger partial charge in [0.25, 0.3) is 0 Å². The Morgan fingerprint density at radius 2 is 1.50 bits per heavy atom. The van der Waals surface area contributed by atoms with Crippen LogP contribution in [0, 0.1) is 6.92 Å². The summed E-state index contributed by atoms with van der Waals surface area (Å²) >= 11 is 0. The molecule has 0 saturated carbocycles. The predicted molar refractivity (Wildman–Crippen MR) is 145 cm³/mol. The molecule has 3 nitrogen and oxygen atoms in total. The molecule has 0 aliphatic carbocycles. The second-order valence-corrected chi connectivity index (χ2v) is 8.73. The molecule has 1 atom stereocenters. The Morgan fingerprint density at radius 3 is 2.22 bits per heavy atom. The number of allylic oxidation sites excluding steroid dienone is 3. The van der Waals surface area contributed by atoms with E-state index in [2.05, 4.69) is 37.3 Å². The van der Waals surface area contributed by atoms with Crippen molar-refractivity contribution < 1.29 is 14.3 Å². The minimum absolute atomic E-state index is 0.0691. The standard InChI is InChI=1S/C33H28O3/c1-3-35-26-19-17-24(18-20-26)30(34)22-21-29-32(27-14-8-7-11-23(27)2)28-15-9-10-16-31(28)36-33(29)25-12-5-4-6-13-25/h4-22,32H,3H2,1-2H3/b22-21+. The van der Waals surface area contributed by atoms with E-state index in [-0.39, 0.29) is 11.7 Å². The third kappa shape index (κ3) is 4.73. The highest BCUT2D eigenvalue weighted by Gasteiger charge is 2.31. The van der Waals surface area contributed by atoms with Crippen molar-refractivity contribution in [2.45, 2.75) is 19.8 Å². The molecule has 4 aromatic rings. The van der Waals surface area contributed by atoms with Crippen LogP contribution < -0.4 is 9.47 Å². The summed E-state index contributed by atoms with van der Waals surface area (Å²) in [6, 6.07) is 33.9. The van der Waals surface area contributed by atoms with Crippen LogP contribution in [0.4, 0.5) is 0 Å². The molecule has 4 aromatic carbocycles. The van der Waals surface area contributed by atoms with Crippen LogP contribution in [0.5, 0.6) is 11.5 Å². The molecule has 5 rings (SSSR count). The SMILES string of the molecule is CCOc1ccc(C(=O)/C=C/C2=C(c3ccccc3)Oc3ccccc3C2c2ccccc2C)cc1.